The highest BCUT2D eigenvalue weighted by molar-refractivity contribution is 7.99. The van der Waals surface area contributed by atoms with E-state index in [1.807, 2.05) is 0 Å². The van der Waals surface area contributed by atoms with Gasteiger partial charge < -0.3 is 31.5 Å². The molecule has 1 aliphatic heterocycles. The zero-order chi connectivity index (χ0) is 18.8. The van der Waals surface area contributed by atoms with E-state index < -0.39 is 36.6 Å². The highest BCUT2D eigenvalue weighted by Crippen LogP contribution is 2.33. The SMILES string of the molecule is Nc1ncnc2c1ncn2[C@@H]1O[C@H](CSCC[C@H](N)C(=O)O)C(O)[C@@H]1O. The fourth-order valence-electron chi connectivity index (χ4n) is 2.69. The molecule has 0 aliphatic carbocycles. The van der Waals surface area contributed by atoms with Gasteiger partial charge in [-0.05, 0) is 12.2 Å². The number of nitrogen functional groups attached to an aromatic ring is 1. The minimum atomic E-state index is -1.17. The van der Waals surface area contributed by atoms with Crippen LogP contribution < -0.4 is 11.5 Å². The van der Waals surface area contributed by atoms with Crippen molar-refractivity contribution in [2.24, 2.45) is 5.73 Å². The number of aliphatic hydroxyl groups is 2. The zero-order valence-electron chi connectivity index (χ0n) is 13.7. The molecule has 0 bridgehead atoms. The lowest BCUT2D eigenvalue weighted by Gasteiger charge is -2.16. The summed E-state index contributed by atoms with van der Waals surface area (Å²) in [4.78, 5) is 22.8. The number of ether oxygens (including phenoxy) is 1. The van der Waals surface area contributed by atoms with Crippen LogP contribution in [0, 0.1) is 0 Å². The van der Waals surface area contributed by atoms with Crippen LogP contribution in [0.25, 0.3) is 11.2 Å². The Hall–Kier alpha value is -1.99. The molecule has 26 heavy (non-hydrogen) atoms. The van der Waals surface area contributed by atoms with Crippen molar-refractivity contribution in [2.75, 3.05) is 17.2 Å². The van der Waals surface area contributed by atoms with E-state index in [4.69, 9.17) is 21.3 Å². The van der Waals surface area contributed by atoms with E-state index in [2.05, 4.69) is 15.0 Å². The van der Waals surface area contributed by atoms with Crippen LogP contribution >= 0.6 is 11.8 Å². The van der Waals surface area contributed by atoms with Gasteiger partial charge in [0, 0.05) is 5.75 Å². The van der Waals surface area contributed by atoms with Crippen molar-refractivity contribution in [1.82, 2.24) is 19.5 Å². The van der Waals surface area contributed by atoms with Gasteiger partial charge in [0.05, 0.1) is 12.4 Å². The number of nitrogens with zero attached hydrogens (tertiary/aromatic N) is 4. The molecule has 2 aromatic heterocycles. The molecule has 1 aliphatic rings. The number of carbonyl (C=O) groups is 1. The average Bonchev–Trinajstić information content (AvgIpc) is 3.15. The number of carboxylic acid groups (broad SMARTS) is 1. The first kappa shape index (κ1) is 18.8. The van der Waals surface area contributed by atoms with E-state index in [1.54, 1.807) is 0 Å². The second-order valence-corrected chi connectivity index (χ2v) is 7.09. The van der Waals surface area contributed by atoms with Crippen LogP contribution in [0.1, 0.15) is 12.6 Å². The van der Waals surface area contributed by atoms with Crippen molar-refractivity contribution in [1.29, 1.82) is 0 Å². The third kappa shape index (κ3) is 3.59. The van der Waals surface area contributed by atoms with E-state index in [-0.39, 0.29) is 5.82 Å². The lowest BCUT2D eigenvalue weighted by molar-refractivity contribution is -0.138. The van der Waals surface area contributed by atoms with Crippen LogP contribution in [0.3, 0.4) is 0 Å². The van der Waals surface area contributed by atoms with Gasteiger partial charge in [-0.15, -0.1) is 0 Å². The van der Waals surface area contributed by atoms with E-state index in [0.717, 1.165) is 0 Å². The van der Waals surface area contributed by atoms with Crippen molar-refractivity contribution in [2.45, 2.75) is 37.0 Å². The Balaban J connectivity index is 1.64. The van der Waals surface area contributed by atoms with Gasteiger partial charge in [-0.2, -0.15) is 11.8 Å². The van der Waals surface area contributed by atoms with Gasteiger partial charge in [0.15, 0.2) is 17.7 Å². The van der Waals surface area contributed by atoms with E-state index >= 15 is 0 Å². The van der Waals surface area contributed by atoms with Crippen LogP contribution in [0.4, 0.5) is 5.82 Å². The first-order chi connectivity index (χ1) is 12.4. The van der Waals surface area contributed by atoms with Crippen molar-refractivity contribution in [3.63, 3.8) is 0 Å². The van der Waals surface area contributed by atoms with Crippen molar-refractivity contribution < 1.29 is 24.9 Å². The molecule has 0 spiro atoms. The molecule has 3 rings (SSSR count). The van der Waals surface area contributed by atoms with Gasteiger partial charge in [-0.3, -0.25) is 9.36 Å². The fraction of sp³-hybridized carbons (Fsp3) is 0.571. The maximum Gasteiger partial charge on any atom is 0.320 e. The molecule has 5 atom stereocenters. The highest BCUT2D eigenvalue weighted by atomic mass is 32.2. The predicted octanol–water partition coefficient (Wildman–Crippen LogP) is -1.44. The summed E-state index contributed by atoms with van der Waals surface area (Å²) in [5.74, 6) is 0.0405. The summed E-state index contributed by atoms with van der Waals surface area (Å²) in [7, 11) is 0. The van der Waals surface area contributed by atoms with Gasteiger partial charge in [-0.25, -0.2) is 15.0 Å². The number of anilines is 1. The van der Waals surface area contributed by atoms with E-state index in [9.17, 15) is 15.0 Å². The standard InChI is InChI=1S/C14H20N6O5S/c15-6(14(23)24)1-2-26-3-7-9(21)10(22)13(25-7)20-5-19-8-11(16)17-4-18-12(8)20/h4-7,9-10,13,21-22H,1-3,15H2,(H,23,24)(H2,16,17,18)/t6-,7+,9?,10-,13+/m0/s1. The van der Waals surface area contributed by atoms with E-state index in [0.29, 0.717) is 29.1 Å². The summed E-state index contributed by atoms with van der Waals surface area (Å²) in [6, 6.07) is -0.919. The molecular formula is C14H20N6O5S. The molecule has 2 aromatic rings. The number of aliphatic hydroxyl groups excluding tert-OH is 2. The quantitative estimate of drug-likeness (QED) is 0.352. The van der Waals surface area contributed by atoms with Crippen LogP contribution in [-0.4, -0.2) is 76.7 Å². The zero-order valence-corrected chi connectivity index (χ0v) is 14.5. The lowest BCUT2D eigenvalue weighted by Crippen LogP contribution is -2.33. The van der Waals surface area contributed by atoms with Crippen molar-refractivity contribution in [3.8, 4) is 0 Å². The molecule has 142 valence electrons. The normalized spacial score (nSPS) is 27.0. The molecule has 0 radical (unpaired) electrons. The lowest BCUT2D eigenvalue weighted by atomic mass is 10.1. The fourth-order valence-corrected chi connectivity index (χ4v) is 3.78. The predicted molar refractivity (Wildman–Crippen MR) is 93.2 cm³/mol. The molecule has 11 nitrogen and oxygen atoms in total. The second kappa shape index (κ2) is 7.72. The number of aliphatic carboxylic acids is 1. The molecular weight excluding hydrogens is 364 g/mol. The number of hydrogen-bond donors (Lipinski definition) is 5. The Bertz CT molecular complexity index is 788. The molecule has 1 saturated heterocycles. The minimum absolute atomic E-state index is 0.212. The maximum absolute atomic E-state index is 10.7. The topological polar surface area (TPSA) is 183 Å². The van der Waals surface area contributed by atoms with Crippen LogP contribution in [0.2, 0.25) is 0 Å². The number of thioether (sulfide) groups is 1. The van der Waals surface area contributed by atoms with Gasteiger partial charge in [0.25, 0.3) is 0 Å². The Labute approximate surface area is 152 Å². The monoisotopic (exact) mass is 384 g/mol. The second-order valence-electron chi connectivity index (χ2n) is 5.94. The van der Waals surface area contributed by atoms with Crippen LogP contribution in [0.15, 0.2) is 12.7 Å². The Morgan fingerprint density at radius 3 is 2.85 bits per heavy atom. The first-order valence-electron chi connectivity index (χ1n) is 7.91. The van der Waals surface area contributed by atoms with Crippen LogP contribution in [0.5, 0.6) is 0 Å². The summed E-state index contributed by atoms with van der Waals surface area (Å²) in [6.07, 6.45) is -0.747. The van der Waals surface area contributed by atoms with Crippen molar-refractivity contribution >= 4 is 34.7 Å². The number of imidazole rings is 1. The molecule has 12 heteroatoms. The Morgan fingerprint density at radius 2 is 2.12 bits per heavy atom. The molecule has 1 fully saturated rings. The summed E-state index contributed by atoms with van der Waals surface area (Å²) in [6.45, 7) is 0. The molecule has 1 unspecified atom stereocenters. The third-order valence-electron chi connectivity index (χ3n) is 4.17. The molecule has 3 heterocycles. The molecule has 0 amide bonds. The van der Waals surface area contributed by atoms with Crippen molar-refractivity contribution in [3.05, 3.63) is 12.7 Å². The smallest absolute Gasteiger partial charge is 0.320 e. The number of fused-ring (bicyclic) bond motifs is 1. The number of rotatable bonds is 7. The highest BCUT2D eigenvalue weighted by Gasteiger charge is 2.44. The largest absolute Gasteiger partial charge is 0.480 e. The van der Waals surface area contributed by atoms with E-state index in [1.165, 1.54) is 29.0 Å². The van der Waals surface area contributed by atoms with Gasteiger partial charge in [-0.1, -0.05) is 0 Å². The number of aromatic nitrogens is 4. The summed E-state index contributed by atoms with van der Waals surface area (Å²) >= 11 is 1.40. The maximum atomic E-state index is 10.7. The number of carboxylic acids is 1. The summed E-state index contributed by atoms with van der Waals surface area (Å²) in [5.41, 5.74) is 12.0. The van der Waals surface area contributed by atoms with Gasteiger partial charge in [0.2, 0.25) is 0 Å². The Morgan fingerprint density at radius 1 is 1.35 bits per heavy atom. The number of hydrogen-bond acceptors (Lipinski definition) is 10. The summed E-state index contributed by atoms with van der Waals surface area (Å²) in [5, 5.41) is 29.3. The van der Waals surface area contributed by atoms with Gasteiger partial charge in [0.1, 0.15) is 30.1 Å². The molecule has 7 N–H and O–H groups in total. The third-order valence-corrected chi connectivity index (χ3v) is 5.26. The number of nitrogens with two attached hydrogens (primary N) is 2. The Kier molecular flexibility index (Phi) is 5.58. The average molecular weight is 384 g/mol. The minimum Gasteiger partial charge on any atom is -0.480 e. The first-order valence-corrected chi connectivity index (χ1v) is 9.06. The van der Waals surface area contributed by atoms with Gasteiger partial charge >= 0.3 is 5.97 Å². The summed E-state index contributed by atoms with van der Waals surface area (Å²) < 4.78 is 7.29. The van der Waals surface area contributed by atoms with Crippen LogP contribution in [-0.2, 0) is 9.53 Å². The molecule has 0 aromatic carbocycles. The molecule has 0 saturated carbocycles.